The number of hydrogen-bond acceptors (Lipinski definition) is 2. The second-order valence-corrected chi connectivity index (χ2v) is 7.04. The van der Waals surface area contributed by atoms with Crippen LogP contribution in [-0.2, 0) is 9.59 Å². The first-order chi connectivity index (χ1) is 10.6. The van der Waals surface area contributed by atoms with Gasteiger partial charge in [-0.3, -0.25) is 9.59 Å². The van der Waals surface area contributed by atoms with Crippen LogP contribution in [0.4, 0.5) is 5.69 Å². The number of benzene rings is 1. The monoisotopic (exact) mass is 318 g/mol. The number of halogens is 1. The van der Waals surface area contributed by atoms with Crippen molar-refractivity contribution < 1.29 is 9.59 Å². The number of anilines is 1. The van der Waals surface area contributed by atoms with Crippen LogP contribution in [0.2, 0.25) is 5.02 Å². The summed E-state index contributed by atoms with van der Waals surface area (Å²) in [6, 6.07) is 6.90. The molecule has 1 aromatic rings. The minimum Gasteiger partial charge on any atom is -0.344 e. The molecule has 0 aromatic heterocycles. The Bertz CT molecular complexity index is 623. The van der Waals surface area contributed by atoms with Crippen molar-refractivity contribution in [2.45, 2.75) is 31.7 Å². The van der Waals surface area contributed by atoms with Crippen LogP contribution >= 0.6 is 11.6 Å². The van der Waals surface area contributed by atoms with Gasteiger partial charge in [0.2, 0.25) is 11.8 Å². The van der Waals surface area contributed by atoms with E-state index < -0.39 is 0 Å². The van der Waals surface area contributed by atoms with Gasteiger partial charge in [-0.25, -0.2) is 0 Å². The Morgan fingerprint density at radius 3 is 2.73 bits per heavy atom. The van der Waals surface area contributed by atoms with Crippen LogP contribution in [0.5, 0.6) is 0 Å². The lowest BCUT2D eigenvalue weighted by molar-refractivity contribution is -0.127. The Morgan fingerprint density at radius 2 is 2.00 bits per heavy atom. The van der Waals surface area contributed by atoms with E-state index >= 15 is 0 Å². The Kier molecular flexibility index (Phi) is 3.37. The molecule has 2 saturated carbocycles. The van der Waals surface area contributed by atoms with Crippen LogP contribution in [0.1, 0.15) is 25.7 Å². The molecular formula is C17H19ClN2O2. The maximum Gasteiger partial charge on any atom is 0.249 e. The molecule has 0 bridgehead atoms. The molecule has 1 saturated heterocycles. The molecule has 3 fully saturated rings. The van der Waals surface area contributed by atoms with E-state index in [4.69, 9.17) is 11.6 Å². The zero-order valence-electron chi connectivity index (χ0n) is 12.3. The maximum atomic E-state index is 12.5. The highest BCUT2D eigenvalue weighted by molar-refractivity contribution is 6.31. The molecule has 4 rings (SSSR count). The third-order valence-corrected chi connectivity index (χ3v) is 5.59. The van der Waals surface area contributed by atoms with Crippen LogP contribution in [0.25, 0.3) is 0 Å². The molecular weight excluding hydrogens is 300 g/mol. The number of hydrogen-bond donors (Lipinski definition) is 1. The standard InChI is InChI=1S/C17H19ClN2O2/c18-10-3-1-4-11(9-10)20-8-7-14(17(20)22)19-16(21)15-12-5-2-6-13(12)15/h1,3-4,9,12-15H,2,5-8H2,(H,19,21). The average molecular weight is 319 g/mol. The average Bonchev–Trinajstić information content (AvgIpc) is 2.81. The van der Waals surface area contributed by atoms with Gasteiger partial charge in [-0.15, -0.1) is 0 Å². The predicted molar refractivity (Wildman–Crippen MR) is 84.7 cm³/mol. The summed E-state index contributed by atoms with van der Waals surface area (Å²) in [7, 11) is 0. The summed E-state index contributed by atoms with van der Waals surface area (Å²) in [4.78, 5) is 26.5. The minimum absolute atomic E-state index is 0.0265. The number of carbonyl (C=O) groups excluding carboxylic acids is 2. The highest BCUT2D eigenvalue weighted by atomic mass is 35.5. The molecule has 1 N–H and O–H groups in total. The first kappa shape index (κ1) is 14.1. The van der Waals surface area contributed by atoms with E-state index in [0.717, 1.165) is 5.69 Å². The molecule has 5 heteroatoms. The van der Waals surface area contributed by atoms with E-state index in [1.807, 2.05) is 12.1 Å². The van der Waals surface area contributed by atoms with E-state index in [1.54, 1.807) is 17.0 Å². The normalized spacial score (nSPS) is 33.0. The second kappa shape index (κ2) is 5.27. The van der Waals surface area contributed by atoms with Gasteiger partial charge in [0.15, 0.2) is 0 Å². The summed E-state index contributed by atoms with van der Waals surface area (Å²) < 4.78 is 0. The highest BCUT2D eigenvalue weighted by Gasteiger charge is 2.57. The van der Waals surface area contributed by atoms with Crippen molar-refractivity contribution in [1.82, 2.24) is 5.32 Å². The Labute approximate surface area is 134 Å². The van der Waals surface area contributed by atoms with Crippen LogP contribution in [0.3, 0.4) is 0 Å². The summed E-state index contributed by atoms with van der Waals surface area (Å²) in [5.74, 6) is 1.39. The van der Waals surface area contributed by atoms with Crippen LogP contribution in [0, 0.1) is 17.8 Å². The van der Waals surface area contributed by atoms with Gasteiger partial charge in [-0.1, -0.05) is 24.1 Å². The van der Waals surface area contributed by atoms with Crippen molar-refractivity contribution in [3.8, 4) is 0 Å². The van der Waals surface area contributed by atoms with Gasteiger partial charge in [0.05, 0.1) is 0 Å². The van der Waals surface area contributed by atoms with E-state index in [2.05, 4.69) is 5.32 Å². The lowest BCUT2D eigenvalue weighted by atomic mass is 10.1. The molecule has 2 amide bonds. The van der Waals surface area contributed by atoms with E-state index in [9.17, 15) is 9.59 Å². The summed E-state index contributed by atoms with van der Waals surface area (Å²) in [5, 5.41) is 3.58. The minimum atomic E-state index is -0.382. The summed E-state index contributed by atoms with van der Waals surface area (Å²) >= 11 is 5.99. The number of amides is 2. The van der Waals surface area contributed by atoms with E-state index in [1.165, 1.54) is 19.3 Å². The smallest absolute Gasteiger partial charge is 0.249 e. The van der Waals surface area contributed by atoms with Gasteiger partial charge in [-0.2, -0.15) is 0 Å². The topological polar surface area (TPSA) is 49.4 Å². The lowest BCUT2D eigenvalue weighted by Gasteiger charge is -2.17. The van der Waals surface area contributed by atoms with Crippen molar-refractivity contribution in [3.63, 3.8) is 0 Å². The fraction of sp³-hybridized carbons (Fsp3) is 0.529. The molecule has 1 heterocycles. The second-order valence-electron chi connectivity index (χ2n) is 6.60. The van der Waals surface area contributed by atoms with Crippen LogP contribution in [0.15, 0.2) is 24.3 Å². The number of nitrogens with one attached hydrogen (secondary N) is 1. The summed E-state index contributed by atoms with van der Waals surface area (Å²) in [6.07, 6.45) is 4.27. The number of fused-ring (bicyclic) bond motifs is 1. The van der Waals surface area contributed by atoms with Crippen molar-refractivity contribution in [3.05, 3.63) is 29.3 Å². The zero-order chi connectivity index (χ0) is 15.3. The van der Waals surface area contributed by atoms with Gasteiger partial charge in [0.1, 0.15) is 6.04 Å². The molecule has 4 nitrogen and oxygen atoms in total. The van der Waals surface area contributed by atoms with Crippen LogP contribution in [-0.4, -0.2) is 24.4 Å². The Morgan fingerprint density at radius 1 is 1.23 bits per heavy atom. The van der Waals surface area contributed by atoms with Crippen molar-refractivity contribution >= 4 is 29.1 Å². The SMILES string of the molecule is O=C(NC1CCN(c2cccc(Cl)c2)C1=O)C1C2CCCC21. The van der Waals surface area contributed by atoms with Gasteiger partial charge < -0.3 is 10.2 Å². The zero-order valence-corrected chi connectivity index (χ0v) is 13.1. The summed E-state index contributed by atoms with van der Waals surface area (Å²) in [5.41, 5.74) is 0.803. The molecule has 1 aromatic carbocycles. The van der Waals surface area contributed by atoms with E-state index in [0.29, 0.717) is 29.8 Å². The highest BCUT2D eigenvalue weighted by Crippen LogP contribution is 2.57. The van der Waals surface area contributed by atoms with Gasteiger partial charge in [0.25, 0.3) is 0 Å². The molecule has 3 atom stereocenters. The molecule has 3 unspecified atom stereocenters. The molecule has 2 aliphatic carbocycles. The van der Waals surface area contributed by atoms with Gasteiger partial charge in [-0.05, 0) is 49.3 Å². The maximum absolute atomic E-state index is 12.5. The van der Waals surface area contributed by atoms with Crippen molar-refractivity contribution in [1.29, 1.82) is 0 Å². The largest absolute Gasteiger partial charge is 0.344 e. The fourth-order valence-electron chi connectivity index (χ4n) is 4.19. The first-order valence-corrected chi connectivity index (χ1v) is 8.40. The summed E-state index contributed by atoms with van der Waals surface area (Å²) in [6.45, 7) is 0.627. The number of carbonyl (C=O) groups is 2. The Hall–Kier alpha value is -1.55. The third-order valence-electron chi connectivity index (χ3n) is 5.35. The van der Waals surface area contributed by atoms with E-state index in [-0.39, 0.29) is 23.8 Å². The number of nitrogens with zero attached hydrogens (tertiary/aromatic N) is 1. The molecule has 0 spiro atoms. The Balaban J connectivity index is 1.40. The van der Waals surface area contributed by atoms with Gasteiger partial charge in [0, 0.05) is 23.2 Å². The fourth-order valence-corrected chi connectivity index (χ4v) is 4.38. The van der Waals surface area contributed by atoms with Crippen molar-refractivity contribution in [2.75, 3.05) is 11.4 Å². The molecule has 116 valence electrons. The molecule has 3 aliphatic rings. The quantitative estimate of drug-likeness (QED) is 0.931. The van der Waals surface area contributed by atoms with Gasteiger partial charge >= 0.3 is 0 Å². The molecule has 22 heavy (non-hydrogen) atoms. The third kappa shape index (κ3) is 2.30. The van der Waals surface area contributed by atoms with Crippen molar-refractivity contribution in [2.24, 2.45) is 17.8 Å². The predicted octanol–water partition coefficient (Wildman–Crippen LogP) is 2.61. The number of rotatable bonds is 3. The van der Waals surface area contributed by atoms with Crippen LogP contribution < -0.4 is 10.2 Å². The molecule has 1 aliphatic heterocycles. The lowest BCUT2D eigenvalue weighted by Crippen LogP contribution is -2.42. The molecule has 0 radical (unpaired) electrons. The first-order valence-electron chi connectivity index (χ1n) is 8.02.